The Labute approximate surface area is 163 Å². The van der Waals surface area contributed by atoms with Crippen LogP contribution in [0.25, 0.3) is 20.1 Å². The van der Waals surface area contributed by atoms with E-state index in [-0.39, 0.29) is 6.04 Å². The summed E-state index contributed by atoms with van der Waals surface area (Å²) in [6, 6.07) is 9.70. The molecular weight excluding hydrogens is 386 g/mol. The van der Waals surface area contributed by atoms with E-state index in [4.69, 9.17) is 17.3 Å². The molecule has 4 aromatic rings. The molecule has 3 N–H and O–H groups in total. The lowest BCUT2D eigenvalue weighted by Crippen LogP contribution is -2.31. The molecule has 0 saturated carbocycles. The first-order valence-electron chi connectivity index (χ1n) is 8.08. The number of benzene rings is 1. The molecule has 0 spiro atoms. The van der Waals surface area contributed by atoms with Crippen LogP contribution in [0.4, 0.5) is 5.13 Å². The second kappa shape index (κ2) is 7.67. The van der Waals surface area contributed by atoms with Gasteiger partial charge in [-0.1, -0.05) is 35.1 Å². The second-order valence-corrected chi connectivity index (χ2v) is 8.36. The van der Waals surface area contributed by atoms with E-state index in [1.165, 1.54) is 5.56 Å². The number of hydrogen-bond donors (Lipinski definition) is 2. The van der Waals surface area contributed by atoms with Crippen LogP contribution < -0.4 is 11.1 Å². The number of nitrogens with one attached hydrogen (secondary N) is 1. The molecular formula is C18H16ClN5S2. The number of hydrogen-bond acceptors (Lipinski definition) is 7. The maximum atomic E-state index is 6.22. The minimum absolute atomic E-state index is 0.00273. The molecule has 0 saturated heterocycles. The summed E-state index contributed by atoms with van der Waals surface area (Å²) in [6.07, 6.45) is 6.23. The van der Waals surface area contributed by atoms with Crippen LogP contribution in [0.2, 0.25) is 5.02 Å². The molecule has 0 radical (unpaired) electrons. The normalized spacial score (nSPS) is 12.4. The standard InChI is InChI=1S/C18H16ClN5S2/c19-12-3-1-11(2-4-12)7-13(20)8-22-18-23-10-16(26-18)17-24-14-5-6-21-9-15(14)25-17/h1-6,9-10,13H,7-8,20H2,(H,22,23)/t13-/m1/s1. The van der Waals surface area contributed by atoms with Gasteiger partial charge in [0.05, 0.1) is 21.3 Å². The first-order valence-corrected chi connectivity index (χ1v) is 10.1. The Hall–Kier alpha value is -2.06. The van der Waals surface area contributed by atoms with Gasteiger partial charge in [-0.3, -0.25) is 4.98 Å². The number of anilines is 1. The molecule has 0 aliphatic heterocycles. The van der Waals surface area contributed by atoms with Gasteiger partial charge in [0.25, 0.3) is 0 Å². The molecule has 0 fully saturated rings. The number of halogens is 1. The molecule has 3 heterocycles. The number of rotatable bonds is 6. The summed E-state index contributed by atoms with van der Waals surface area (Å²) in [4.78, 5) is 14.3. The third-order valence-corrected chi connectivity index (χ3v) is 6.22. The molecule has 1 aromatic carbocycles. The zero-order valence-electron chi connectivity index (χ0n) is 13.7. The molecule has 0 aliphatic rings. The van der Waals surface area contributed by atoms with Crippen molar-refractivity contribution in [3.63, 3.8) is 0 Å². The zero-order chi connectivity index (χ0) is 17.9. The Bertz CT molecular complexity index is 979. The van der Waals surface area contributed by atoms with Gasteiger partial charge in [-0.15, -0.1) is 11.3 Å². The summed E-state index contributed by atoms with van der Waals surface area (Å²) in [5, 5.41) is 5.87. The average molecular weight is 402 g/mol. The minimum atomic E-state index is -0.00273. The lowest BCUT2D eigenvalue weighted by Gasteiger charge is -2.12. The van der Waals surface area contributed by atoms with Crippen LogP contribution in [-0.2, 0) is 6.42 Å². The van der Waals surface area contributed by atoms with Gasteiger partial charge >= 0.3 is 0 Å². The van der Waals surface area contributed by atoms with Crippen molar-refractivity contribution in [2.24, 2.45) is 5.73 Å². The van der Waals surface area contributed by atoms with Crippen LogP contribution in [-0.4, -0.2) is 27.5 Å². The fraction of sp³-hybridized carbons (Fsp3) is 0.167. The lowest BCUT2D eigenvalue weighted by atomic mass is 10.1. The Morgan fingerprint density at radius 3 is 2.77 bits per heavy atom. The van der Waals surface area contributed by atoms with Crippen LogP contribution in [0.15, 0.2) is 48.9 Å². The van der Waals surface area contributed by atoms with Crippen molar-refractivity contribution in [3.8, 4) is 9.88 Å². The van der Waals surface area contributed by atoms with Gasteiger partial charge in [-0.2, -0.15) is 0 Å². The van der Waals surface area contributed by atoms with Crippen molar-refractivity contribution in [2.45, 2.75) is 12.5 Å². The average Bonchev–Trinajstić information content (AvgIpc) is 3.28. The van der Waals surface area contributed by atoms with Crippen molar-refractivity contribution in [3.05, 3.63) is 59.5 Å². The molecule has 3 aromatic heterocycles. The summed E-state index contributed by atoms with van der Waals surface area (Å²) in [6.45, 7) is 0.652. The topological polar surface area (TPSA) is 76.7 Å². The fourth-order valence-electron chi connectivity index (χ4n) is 2.55. The number of aromatic nitrogens is 3. The third-order valence-electron chi connectivity index (χ3n) is 3.83. The van der Waals surface area contributed by atoms with E-state index in [9.17, 15) is 0 Å². The van der Waals surface area contributed by atoms with Gasteiger partial charge < -0.3 is 11.1 Å². The molecule has 26 heavy (non-hydrogen) atoms. The molecule has 1 atom stereocenters. The Balaban J connectivity index is 1.38. The van der Waals surface area contributed by atoms with Gasteiger partial charge in [0.2, 0.25) is 0 Å². The number of nitrogens with zero attached hydrogens (tertiary/aromatic N) is 3. The lowest BCUT2D eigenvalue weighted by molar-refractivity contribution is 0.699. The number of pyridine rings is 1. The van der Waals surface area contributed by atoms with E-state index in [0.29, 0.717) is 6.54 Å². The van der Waals surface area contributed by atoms with Crippen molar-refractivity contribution in [1.29, 1.82) is 0 Å². The number of nitrogens with two attached hydrogens (primary N) is 1. The Kier molecular flexibility index (Phi) is 5.12. The molecule has 8 heteroatoms. The van der Waals surface area contributed by atoms with Crippen LogP contribution in [0.3, 0.4) is 0 Å². The summed E-state index contributed by atoms with van der Waals surface area (Å²) in [5.74, 6) is 0. The van der Waals surface area contributed by atoms with E-state index in [2.05, 4.69) is 20.3 Å². The van der Waals surface area contributed by atoms with Crippen molar-refractivity contribution < 1.29 is 0 Å². The SMILES string of the molecule is N[C@@H](CNc1ncc(-c2nc3ccncc3s2)s1)Cc1ccc(Cl)cc1. The smallest absolute Gasteiger partial charge is 0.183 e. The van der Waals surface area contributed by atoms with Crippen molar-refractivity contribution in [1.82, 2.24) is 15.0 Å². The summed E-state index contributed by atoms with van der Waals surface area (Å²) >= 11 is 9.12. The van der Waals surface area contributed by atoms with Crippen LogP contribution in [0.1, 0.15) is 5.56 Å². The van der Waals surface area contributed by atoms with Crippen molar-refractivity contribution >= 4 is 49.6 Å². The summed E-state index contributed by atoms with van der Waals surface area (Å²) < 4.78 is 1.08. The summed E-state index contributed by atoms with van der Waals surface area (Å²) in [5.41, 5.74) is 8.36. The Morgan fingerprint density at radius 2 is 1.96 bits per heavy atom. The van der Waals surface area contributed by atoms with E-state index in [0.717, 1.165) is 36.7 Å². The van der Waals surface area contributed by atoms with Crippen molar-refractivity contribution in [2.75, 3.05) is 11.9 Å². The highest BCUT2D eigenvalue weighted by atomic mass is 35.5. The van der Waals surface area contributed by atoms with Gasteiger partial charge in [0.15, 0.2) is 5.13 Å². The van der Waals surface area contributed by atoms with E-state index in [1.807, 2.05) is 42.7 Å². The molecule has 5 nitrogen and oxygen atoms in total. The molecule has 0 amide bonds. The maximum Gasteiger partial charge on any atom is 0.183 e. The molecule has 132 valence electrons. The summed E-state index contributed by atoms with van der Waals surface area (Å²) in [7, 11) is 0. The molecule has 0 aliphatic carbocycles. The Morgan fingerprint density at radius 1 is 1.12 bits per heavy atom. The monoisotopic (exact) mass is 401 g/mol. The highest BCUT2D eigenvalue weighted by Gasteiger charge is 2.11. The molecule has 0 bridgehead atoms. The van der Waals surface area contributed by atoms with Gasteiger partial charge in [-0.25, -0.2) is 9.97 Å². The van der Waals surface area contributed by atoms with Gasteiger partial charge in [0.1, 0.15) is 5.01 Å². The van der Waals surface area contributed by atoms with E-state index in [1.54, 1.807) is 28.9 Å². The quantitative estimate of drug-likeness (QED) is 0.499. The predicted molar refractivity (Wildman–Crippen MR) is 110 cm³/mol. The maximum absolute atomic E-state index is 6.22. The largest absolute Gasteiger partial charge is 0.360 e. The molecule has 4 rings (SSSR count). The van der Waals surface area contributed by atoms with Crippen LogP contribution in [0.5, 0.6) is 0 Å². The van der Waals surface area contributed by atoms with E-state index >= 15 is 0 Å². The molecule has 0 unspecified atom stereocenters. The van der Waals surface area contributed by atoms with Crippen LogP contribution >= 0.6 is 34.3 Å². The second-order valence-electron chi connectivity index (χ2n) is 5.86. The number of fused-ring (bicyclic) bond motifs is 1. The minimum Gasteiger partial charge on any atom is -0.360 e. The van der Waals surface area contributed by atoms with Gasteiger partial charge in [-0.05, 0) is 30.2 Å². The van der Waals surface area contributed by atoms with Crippen LogP contribution in [0, 0.1) is 0 Å². The van der Waals surface area contributed by atoms with Gasteiger partial charge in [0, 0.05) is 30.0 Å². The predicted octanol–water partition coefficient (Wildman–Crippen LogP) is 4.45. The first-order chi connectivity index (χ1) is 12.7. The fourth-order valence-corrected chi connectivity index (χ4v) is 4.47. The first kappa shape index (κ1) is 17.4. The highest BCUT2D eigenvalue weighted by molar-refractivity contribution is 7.26. The number of thiazole rings is 2. The zero-order valence-corrected chi connectivity index (χ0v) is 16.1. The highest BCUT2D eigenvalue weighted by Crippen LogP contribution is 2.34. The van der Waals surface area contributed by atoms with E-state index < -0.39 is 0 Å². The third kappa shape index (κ3) is 4.02.